The zero-order valence-corrected chi connectivity index (χ0v) is 5.97. The summed E-state index contributed by atoms with van der Waals surface area (Å²) in [5.74, 6) is 0.919. The summed E-state index contributed by atoms with van der Waals surface area (Å²) in [6.07, 6.45) is 2.25. The van der Waals surface area contributed by atoms with E-state index in [1.807, 2.05) is 0 Å². The van der Waals surface area contributed by atoms with E-state index in [0.717, 1.165) is 32.5 Å². The highest BCUT2D eigenvalue weighted by Crippen LogP contribution is 2.23. The molecule has 3 fully saturated rings. The topological polar surface area (TPSA) is 51.8 Å². The predicted molar refractivity (Wildman–Crippen MR) is 37.8 cm³/mol. The van der Waals surface area contributed by atoms with Crippen LogP contribution >= 0.6 is 0 Å². The van der Waals surface area contributed by atoms with Crippen molar-refractivity contribution in [2.75, 3.05) is 19.6 Å². The molecule has 0 atom stereocenters. The molecule has 0 aromatic rings. The fraction of sp³-hybridized carbons (Fsp3) is 0.857. The van der Waals surface area contributed by atoms with Gasteiger partial charge in [0.1, 0.15) is 5.78 Å². The molecular weight excluding hydrogens is 130 g/mol. The highest BCUT2D eigenvalue weighted by molar-refractivity contribution is 5.84. The minimum atomic E-state index is 0. The molecule has 3 nitrogen and oxygen atoms in total. The molecule has 3 heteroatoms. The van der Waals surface area contributed by atoms with Crippen molar-refractivity contribution < 1.29 is 10.3 Å². The molecule has 0 spiro atoms. The number of piperidine rings is 3. The van der Waals surface area contributed by atoms with Gasteiger partial charge in [-0.05, 0) is 25.9 Å². The van der Waals surface area contributed by atoms with Crippen molar-refractivity contribution >= 4 is 5.78 Å². The van der Waals surface area contributed by atoms with Crippen molar-refractivity contribution in [3.05, 3.63) is 0 Å². The summed E-state index contributed by atoms with van der Waals surface area (Å²) in [5.41, 5.74) is 0. The fourth-order valence-electron chi connectivity index (χ4n) is 1.76. The molecule has 0 aromatic heterocycles. The number of hydrogen-bond donors (Lipinski definition) is 0. The second-order valence-corrected chi connectivity index (χ2v) is 3.02. The summed E-state index contributed by atoms with van der Waals surface area (Å²) >= 11 is 0. The highest BCUT2D eigenvalue weighted by Gasteiger charge is 2.31. The summed E-state index contributed by atoms with van der Waals surface area (Å²) in [6, 6.07) is 0. The van der Waals surface area contributed by atoms with Gasteiger partial charge in [0.2, 0.25) is 0 Å². The average Bonchev–Trinajstić information content (AvgIpc) is 1.90. The molecule has 3 heterocycles. The van der Waals surface area contributed by atoms with Crippen molar-refractivity contribution in [3.63, 3.8) is 0 Å². The van der Waals surface area contributed by atoms with Gasteiger partial charge in [-0.3, -0.25) is 9.69 Å². The molecule has 3 aliphatic heterocycles. The van der Waals surface area contributed by atoms with Crippen LogP contribution in [0.5, 0.6) is 0 Å². The first kappa shape index (κ1) is 7.69. The van der Waals surface area contributed by atoms with E-state index in [2.05, 4.69) is 4.90 Å². The van der Waals surface area contributed by atoms with E-state index < -0.39 is 0 Å². The molecule has 58 valence electrons. The average molecular weight is 143 g/mol. The van der Waals surface area contributed by atoms with Crippen LogP contribution in [0.2, 0.25) is 0 Å². The Balaban J connectivity index is 0.000000500. The largest absolute Gasteiger partial charge is 0.412 e. The molecule has 0 aliphatic carbocycles. The minimum Gasteiger partial charge on any atom is -0.412 e. The van der Waals surface area contributed by atoms with Gasteiger partial charge in [-0.25, -0.2) is 0 Å². The Morgan fingerprint density at radius 2 is 1.90 bits per heavy atom. The van der Waals surface area contributed by atoms with Crippen LogP contribution in [0.15, 0.2) is 0 Å². The van der Waals surface area contributed by atoms with Crippen molar-refractivity contribution in [1.82, 2.24) is 4.90 Å². The second kappa shape index (κ2) is 2.68. The quantitative estimate of drug-likeness (QED) is 0.457. The van der Waals surface area contributed by atoms with Crippen LogP contribution in [0, 0.1) is 5.92 Å². The Morgan fingerprint density at radius 1 is 1.30 bits per heavy atom. The Morgan fingerprint density at radius 3 is 2.10 bits per heavy atom. The van der Waals surface area contributed by atoms with E-state index in [4.69, 9.17) is 0 Å². The number of rotatable bonds is 0. The van der Waals surface area contributed by atoms with Crippen LogP contribution in [-0.2, 0) is 4.79 Å². The number of Topliss-reactive ketones (excluding diaryl/α,β-unsaturated/α-hetero) is 1. The molecular formula is C7H13NO2. The first-order valence-electron chi connectivity index (χ1n) is 3.61. The first-order chi connectivity index (χ1) is 4.36. The van der Waals surface area contributed by atoms with Crippen molar-refractivity contribution in [2.45, 2.75) is 12.8 Å². The molecule has 0 amide bonds. The number of hydrogen-bond acceptors (Lipinski definition) is 2. The number of carbonyl (C=O) groups excluding carboxylic acids is 1. The molecule has 10 heavy (non-hydrogen) atoms. The number of ketones is 1. The van der Waals surface area contributed by atoms with E-state index in [9.17, 15) is 4.79 Å². The van der Waals surface area contributed by atoms with Crippen LogP contribution < -0.4 is 0 Å². The first-order valence-corrected chi connectivity index (χ1v) is 3.61. The van der Waals surface area contributed by atoms with Gasteiger partial charge in [-0.15, -0.1) is 0 Å². The number of fused-ring (bicyclic) bond motifs is 3. The summed E-state index contributed by atoms with van der Waals surface area (Å²) in [4.78, 5) is 13.3. The molecule has 2 bridgehead atoms. The summed E-state index contributed by atoms with van der Waals surface area (Å²) in [6.45, 7) is 3.07. The normalized spacial score (nSPS) is 37.4. The van der Waals surface area contributed by atoms with Crippen LogP contribution in [-0.4, -0.2) is 35.8 Å². The molecule has 0 radical (unpaired) electrons. The summed E-state index contributed by atoms with van der Waals surface area (Å²) in [5, 5.41) is 0. The standard InChI is InChI=1S/C7H11NO.H2O/c9-7-5-8-3-1-6(7)2-4-8;/h6H,1-5H2;1H2. The Labute approximate surface area is 60.3 Å². The van der Waals surface area contributed by atoms with E-state index in [1.165, 1.54) is 0 Å². The van der Waals surface area contributed by atoms with Gasteiger partial charge in [-0.1, -0.05) is 0 Å². The zero-order chi connectivity index (χ0) is 6.27. The Hall–Kier alpha value is -0.410. The molecule has 0 unspecified atom stereocenters. The molecule has 3 rings (SSSR count). The van der Waals surface area contributed by atoms with Gasteiger partial charge in [0.05, 0.1) is 6.54 Å². The van der Waals surface area contributed by atoms with Crippen LogP contribution in [0.4, 0.5) is 0 Å². The van der Waals surface area contributed by atoms with Crippen LogP contribution in [0.1, 0.15) is 12.8 Å². The van der Waals surface area contributed by atoms with Crippen molar-refractivity contribution in [2.24, 2.45) is 5.92 Å². The lowest BCUT2D eigenvalue weighted by Crippen LogP contribution is -2.47. The lowest BCUT2D eigenvalue weighted by Gasteiger charge is -2.37. The Kier molecular flexibility index (Phi) is 2.06. The van der Waals surface area contributed by atoms with E-state index >= 15 is 0 Å². The van der Waals surface area contributed by atoms with E-state index in [-0.39, 0.29) is 5.48 Å². The van der Waals surface area contributed by atoms with Gasteiger partial charge in [0.15, 0.2) is 0 Å². The third-order valence-corrected chi connectivity index (χ3v) is 2.42. The maximum Gasteiger partial charge on any atom is 0.149 e. The van der Waals surface area contributed by atoms with Gasteiger partial charge in [0, 0.05) is 5.92 Å². The maximum absolute atomic E-state index is 11.0. The van der Waals surface area contributed by atoms with Crippen LogP contribution in [0.3, 0.4) is 0 Å². The Bertz CT molecular complexity index is 139. The number of carbonyl (C=O) groups is 1. The van der Waals surface area contributed by atoms with Crippen molar-refractivity contribution in [3.8, 4) is 0 Å². The monoisotopic (exact) mass is 143 g/mol. The third-order valence-electron chi connectivity index (χ3n) is 2.42. The van der Waals surface area contributed by atoms with Gasteiger partial charge in [-0.2, -0.15) is 0 Å². The lowest BCUT2D eigenvalue weighted by atomic mass is 9.87. The summed E-state index contributed by atoms with van der Waals surface area (Å²) in [7, 11) is 0. The predicted octanol–water partition coefficient (Wildman–Crippen LogP) is -0.544. The molecule has 2 N–H and O–H groups in total. The third kappa shape index (κ3) is 1.07. The minimum absolute atomic E-state index is 0. The van der Waals surface area contributed by atoms with Crippen LogP contribution in [0.25, 0.3) is 0 Å². The van der Waals surface area contributed by atoms with Gasteiger partial charge in [0.25, 0.3) is 0 Å². The molecule has 3 saturated heterocycles. The highest BCUT2D eigenvalue weighted by atomic mass is 16.1. The summed E-state index contributed by atoms with van der Waals surface area (Å²) < 4.78 is 0. The van der Waals surface area contributed by atoms with E-state index in [1.54, 1.807) is 0 Å². The van der Waals surface area contributed by atoms with Crippen molar-refractivity contribution in [1.29, 1.82) is 0 Å². The molecule has 0 saturated carbocycles. The molecule has 0 aromatic carbocycles. The van der Waals surface area contributed by atoms with E-state index in [0.29, 0.717) is 11.7 Å². The van der Waals surface area contributed by atoms with Gasteiger partial charge >= 0.3 is 0 Å². The number of nitrogens with zero attached hydrogens (tertiary/aromatic N) is 1. The maximum atomic E-state index is 11.0. The second-order valence-electron chi connectivity index (χ2n) is 3.02. The molecule has 3 aliphatic rings. The lowest BCUT2D eigenvalue weighted by molar-refractivity contribution is -0.130. The SMILES string of the molecule is O.O=C1CN2CCC1CC2. The zero-order valence-electron chi connectivity index (χ0n) is 5.97. The fourth-order valence-corrected chi connectivity index (χ4v) is 1.76. The van der Waals surface area contributed by atoms with Gasteiger partial charge < -0.3 is 5.48 Å². The smallest absolute Gasteiger partial charge is 0.149 e.